The quantitative estimate of drug-likeness (QED) is 0.309. The van der Waals surface area contributed by atoms with Crippen molar-refractivity contribution in [3.63, 3.8) is 0 Å². The summed E-state index contributed by atoms with van der Waals surface area (Å²) < 4.78 is 40.7. The summed E-state index contributed by atoms with van der Waals surface area (Å²) in [7, 11) is 3.23. The van der Waals surface area contributed by atoms with Gasteiger partial charge in [-0.1, -0.05) is 41.5 Å². The van der Waals surface area contributed by atoms with Gasteiger partial charge in [0.15, 0.2) is 11.9 Å². The maximum atomic E-state index is 15.7. The van der Waals surface area contributed by atoms with Crippen molar-refractivity contribution < 1.29 is 47.9 Å². The number of fused-ring (bicyclic) bond motifs is 8. The van der Waals surface area contributed by atoms with Crippen molar-refractivity contribution >= 4 is 17.8 Å². The number of imidazole rings is 1. The van der Waals surface area contributed by atoms with Gasteiger partial charge in [0.05, 0.1) is 47.4 Å². The molecule has 2 aromatic heterocycles. The molecule has 14 atom stereocenters. The number of aliphatic hydroxyl groups is 1. The Morgan fingerprint density at radius 2 is 1.63 bits per heavy atom. The highest BCUT2D eigenvalue weighted by Crippen LogP contribution is 2.51. The zero-order chi connectivity index (χ0) is 44.1. The minimum Gasteiger partial charge on any atom is -0.458 e. The predicted molar refractivity (Wildman–Crippen MR) is 224 cm³/mol. The second-order valence-corrected chi connectivity index (χ2v) is 19.7. The molecule has 1 amide bonds. The number of methoxy groups -OCH3 is 2. The monoisotopic (exact) mass is 839 g/mol. The summed E-state index contributed by atoms with van der Waals surface area (Å²) in [5, 5.41) is 11.1. The van der Waals surface area contributed by atoms with Crippen LogP contribution in [0.2, 0.25) is 0 Å². The molecule has 334 valence electrons. The molecule has 0 spiro atoms. The average Bonchev–Trinajstić information content (AvgIpc) is 3.78. The van der Waals surface area contributed by atoms with E-state index in [0.29, 0.717) is 31.5 Å². The summed E-state index contributed by atoms with van der Waals surface area (Å²) in [6, 6.07) is 1.24. The number of pyridine rings is 1. The first-order valence-corrected chi connectivity index (χ1v) is 21.9. The van der Waals surface area contributed by atoms with Gasteiger partial charge in [-0.15, -0.1) is 0 Å². The van der Waals surface area contributed by atoms with Crippen molar-refractivity contribution in [3.8, 4) is 11.3 Å². The van der Waals surface area contributed by atoms with Crippen LogP contribution in [0.15, 0.2) is 31.0 Å². The Bertz CT molecular complexity index is 1870. The van der Waals surface area contributed by atoms with Gasteiger partial charge in [0.25, 0.3) is 0 Å². The number of hydrogen-bond acceptors (Lipinski definition) is 12. The molecule has 4 aliphatic rings. The third-order valence-corrected chi connectivity index (χ3v) is 14.5. The molecule has 0 unspecified atom stereocenters. The molecule has 6 bridgehead atoms. The second-order valence-electron chi connectivity index (χ2n) is 19.7. The van der Waals surface area contributed by atoms with E-state index in [1.807, 2.05) is 51.4 Å². The van der Waals surface area contributed by atoms with E-state index in [0.717, 1.165) is 17.7 Å². The van der Waals surface area contributed by atoms with Crippen LogP contribution in [0.25, 0.3) is 11.3 Å². The van der Waals surface area contributed by atoms with Crippen LogP contribution in [0, 0.1) is 29.1 Å². The maximum absolute atomic E-state index is 15.7. The van der Waals surface area contributed by atoms with E-state index in [1.54, 1.807) is 51.7 Å². The SMILES string of the molecule is CC[C@H]1OC(=O)[C@H](C)[C@@H](O[C@H]2C[C@@](C)(OC)[C@@H](O)[C@H](C)O2)[C@H](C)[C@@H](C(C)(C)C)[C@](C)(OC)C[C@@H]2C(=O)[C@H](C)[C@H]3N(CCCCn4cnc(c4)-c4cncc2c4)C(=O)O[C@]13C. The number of cyclic esters (lactones) is 1. The topological polar surface area (TPSA) is 161 Å². The summed E-state index contributed by atoms with van der Waals surface area (Å²) >= 11 is 0. The van der Waals surface area contributed by atoms with E-state index in [4.69, 9.17) is 33.4 Å². The van der Waals surface area contributed by atoms with Crippen LogP contribution in [0.1, 0.15) is 120 Å². The molecule has 0 radical (unpaired) electrons. The number of hydrogen-bond donors (Lipinski definition) is 1. The highest BCUT2D eigenvalue weighted by molar-refractivity contribution is 5.90. The Hall–Kier alpha value is -3.43. The Kier molecular flexibility index (Phi) is 13.4. The second kappa shape index (κ2) is 17.4. The van der Waals surface area contributed by atoms with Gasteiger partial charge in [-0.25, -0.2) is 9.78 Å². The van der Waals surface area contributed by atoms with Crippen LogP contribution in [0.4, 0.5) is 4.79 Å². The number of ether oxygens (including phenoxy) is 6. The number of esters is 1. The standard InChI is InChI=1S/C46H70N4O10/c1-14-34-46(11)39-26(2)36(51)32(30-19-31(23-47-22-30)33-24-49(25-48-33)17-15-16-18-50(39)42(54)60-46)20-44(9,55-12)38(43(6,7)8)27(3)37(28(4)41(53)58-34)59-35-21-45(10,56-13)40(52)29(5)57-35/h19,22-29,32,34-35,37-40,52H,14-18,20-21H2,1-13H3/t26-,27-,28+,29-,32-,34+,35-,37-,38-,39+,40-,44+,45+,46+/m0/s1. The lowest BCUT2D eigenvalue weighted by Crippen LogP contribution is -2.60. The number of aromatic nitrogens is 3. The van der Waals surface area contributed by atoms with Crippen molar-refractivity contribution in [2.24, 2.45) is 29.1 Å². The highest BCUT2D eigenvalue weighted by Gasteiger charge is 2.61. The Morgan fingerprint density at radius 1 is 0.950 bits per heavy atom. The van der Waals surface area contributed by atoms with Gasteiger partial charge < -0.3 is 43.0 Å². The molecular weight excluding hydrogens is 769 g/mol. The molecule has 14 heteroatoms. The van der Waals surface area contributed by atoms with Gasteiger partial charge in [-0.05, 0) is 89.2 Å². The smallest absolute Gasteiger partial charge is 0.410 e. The van der Waals surface area contributed by atoms with Crippen LogP contribution >= 0.6 is 0 Å². The molecule has 1 N–H and O–H groups in total. The first-order chi connectivity index (χ1) is 28.1. The van der Waals surface area contributed by atoms with Crippen molar-refractivity contribution in [3.05, 3.63) is 36.5 Å². The van der Waals surface area contributed by atoms with Crippen molar-refractivity contribution in [1.82, 2.24) is 19.4 Å². The van der Waals surface area contributed by atoms with Gasteiger partial charge in [0.1, 0.15) is 18.0 Å². The number of aliphatic hydroxyl groups excluding tert-OH is 1. The van der Waals surface area contributed by atoms with E-state index in [1.165, 1.54) is 0 Å². The molecule has 4 aliphatic heterocycles. The third-order valence-electron chi connectivity index (χ3n) is 14.5. The molecule has 0 aromatic carbocycles. The van der Waals surface area contributed by atoms with Gasteiger partial charge in [-0.2, -0.15) is 0 Å². The number of ketones is 1. The number of rotatable bonds is 5. The van der Waals surface area contributed by atoms with E-state index in [-0.39, 0.29) is 24.5 Å². The zero-order valence-corrected chi connectivity index (χ0v) is 38.1. The van der Waals surface area contributed by atoms with Crippen LogP contribution in [0.3, 0.4) is 0 Å². The molecule has 60 heavy (non-hydrogen) atoms. The average molecular weight is 839 g/mol. The van der Waals surface area contributed by atoms with Crippen molar-refractivity contribution in [2.45, 2.75) is 174 Å². The minimum absolute atomic E-state index is 0.0983. The Morgan fingerprint density at radius 3 is 2.28 bits per heavy atom. The zero-order valence-electron chi connectivity index (χ0n) is 38.1. The molecule has 14 nitrogen and oxygen atoms in total. The van der Waals surface area contributed by atoms with Crippen LogP contribution in [-0.4, -0.2) is 117 Å². The lowest BCUT2D eigenvalue weighted by atomic mass is 9.60. The number of carbonyl (C=O) groups excluding carboxylic acids is 3. The number of carbonyl (C=O) groups is 3. The highest BCUT2D eigenvalue weighted by atomic mass is 16.7. The molecule has 0 aliphatic carbocycles. The predicted octanol–water partition coefficient (Wildman–Crippen LogP) is 6.96. The lowest BCUT2D eigenvalue weighted by Gasteiger charge is -2.52. The van der Waals surface area contributed by atoms with E-state index in [2.05, 4.69) is 32.7 Å². The first-order valence-electron chi connectivity index (χ1n) is 21.9. The summed E-state index contributed by atoms with van der Waals surface area (Å²) in [6.07, 6.45) is 4.91. The fraction of sp³-hybridized carbons (Fsp3) is 0.761. The van der Waals surface area contributed by atoms with E-state index >= 15 is 4.79 Å². The number of nitrogens with zero attached hydrogens (tertiary/aromatic N) is 4. The molecule has 6 heterocycles. The van der Waals surface area contributed by atoms with Crippen LogP contribution in [0.5, 0.6) is 0 Å². The molecule has 0 saturated carbocycles. The summed E-state index contributed by atoms with van der Waals surface area (Å²) in [5.74, 6) is -3.67. The molecule has 3 fully saturated rings. The van der Waals surface area contributed by atoms with Gasteiger partial charge >= 0.3 is 12.1 Å². The lowest BCUT2D eigenvalue weighted by molar-refractivity contribution is -0.300. The fourth-order valence-corrected chi connectivity index (χ4v) is 11.5. The van der Waals surface area contributed by atoms with Crippen LogP contribution in [-0.2, 0) is 44.6 Å². The Balaban J connectivity index is 1.57. The first kappa shape index (κ1) is 46.1. The van der Waals surface area contributed by atoms with Gasteiger partial charge in [-0.3, -0.25) is 14.6 Å². The Labute approximate surface area is 356 Å². The molecule has 6 rings (SSSR count). The third kappa shape index (κ3) is 8.52. The normalized spacial score (nSPS) is 39.7. The summed E-state index contributed by atoms with van der Waals surface area (Å²) in [5.41, 5.74) is -1.55. The molecule has 2 aromatic rings. The summed E-state index contributed by atoms with van der Waals surface area (Å²) in [4.78, 5) is 55.7. The summed E-state index contributed by atoms with van der Waals surface area (Å²) in [6.45, 7) is 22.6. The maximum Gasteiger partial charge on any atom is 0.410 e. The fourth-order valence-electron chi connectivity index (χ4n) is 11.5. The van der Waals surface area contributed by atoms with Crippen molar-refractivity contribution in [2.75, 3.05) is 20.8 Å². The van der Waals surface area contributed by atoms with Crippen LogP contribution < -0.4 is 0 Å². The number of Topliss-reactive ketones (excluding diaryl/α,β-unsaturated/α-hetero) is 1. The largest absolute Gasteiger partial charge is 0.458 e. The number of aryl methyl sites for hydroxylation is 1. The van der Waals surface area contributed by atoms with Crippen molar-refractivity contribution in [1.29, 1.82) is 0 Å². The minimum atomic E-state index is -1.38. The van der Waals surface area contributed by atoms with Gasteiger partial charge in [0, 0.05) is 69.7 Å². The molecule has 3 saturated heterocycles. The number of amides is 1. The molecular formula is C46H70N4O10. The van der Waals surface area contributed by atoms with Gasteiger partial charge in [0.2, 0.25) is 0 Å². The van der Waals surface area contributed by atoms with E-state index < -0.39 is 94.7 Å². The van der Waals surface area contributed by atoms with E-state index in [9.17, 15) is 14.7 Å².